The summed E-state index contributed by atoms with van der Waals surface area (Å²) in [6.45, 7) is 0. The average Bonchev–Trinajstić information content (AvgIpc) is 3.12. The first-order valence-corrected chi connectivity index (χ1v) is 8.94. The van der Waals surface area contributed by atoms with E-state index in [1.807, 2.05) is 60.7 Å². The van der Waals surface area contributed by atoms with Crippen molar-refractivity contribution in [3.63, 3.8) is 0 Å². The quantitative estimate of drug-likeness (QED) is 0.496. The van der Waals surface area contributed by atoms with Crippen molar-refractivity contribution >= 4 is 11.9 Å². The Morgan fingerprint density at radius 3 is 2.00 bits per heavy atom. The summed E-state index contributed by atoms with van der Waals surface area (Å²) in [5, 5.41) is 0. The van der Waals surface area contributed by atoms with Gasteiger partial charge in [0.1, 0.15) is 0 Å². The van der Waals surface area contributed by atoms with Crippen molar-refractivity contribution in [3.05, 3.63) is 78.5 Å². The molecule has 120 valence electrons. The molecule has 1 heterocycles. The SMILES string of the molecule is C(=Nc1ccccc1)c1ccc(-c2ccccc2)[n-]1.C[N]=[Ti]=[N]C. The molecule has 0 saturated heterocycles. The van der Waals surface area contributed by atoms with Crippen molar-refractivity contribution in [3.8, 4) is 11.3 Å². The Morgan fingerprint density at radius 1 is 0.792 bits per heavy atom. The number of nitrogens with zero attached hydrogens (tertiary/aromatic N) is 4. The number of hydrogen-bond donors (Lipinski definition) is 0. The second-order valence-corrected chi connectivity index (χ2v) is 6.47. The monoisotopic (exact) mass is 351 g/mol. The zero-order valence-electron chi connectivity index (χ0n) is 13.8. The third-order valence-corrected chi connectivity index (χ3v) is 3.66. The van der Waals surface area contributed by atoms with E-state index < -0.39 is 0 Å². The number of benzene rings is 2. The Bertz CT molecular complexity index is 811. The van der Waals surface area contributed by atoms with Crippen LogP contribution in [0.4, 0.5) is 5.69 Å². The summed E-state index contributed by atoms with van der Waals surface area (Å²) in [7, 11) is 3.60. The van der Waals surface area contributed by atoms with Crippen molar-refractivity contribution in [2.45, 2.75) is 0 Å². The van der Waals surface area contributed by atoms with E-state index >= 15 is 0 Å². The van der Waals surface area contributed by atoms with Crippen molar-refractivity contribution in [2.24, 2.45) is 11.8 Å². The van der Waals surface area contributed by atoms with Crippen molar-refractivity contribution in [2.75, 3.05) is 14.1 Å². The van der Waals surface area contributed by atoms with Crippen LogP contribution in [-0.4, -0.2) is 20.3 Å². The fourth-order valence-electron chi connectivity index (χ4n) is 1.97. The van der Waals surface area contributed by atoms with Gasteiger partial charge in [-0.2, -0.15) is 0 Å². The first-order chi connectivity index (χ1) is 11.8. The predicted octanol–water partition coefficient (Wildman–Crippen LogP) is 4.76. The molecule has 24 heavy (non-hydrogen) atoms. The van der Waals surface area contributed by atoms with Crippen LogP contribution in [0.25, 0.3) is 11.3 Å². The number of hydrogen-bond acceptors (Lipinski definition) is 3. The molecule has 0 amide bonds. The molecule has 0 aliphatic heterocycles. The second kappa shape index (κ2) is 10.5. The molecule has 3 aromatic rings. The molecule has 2 aromatic carbocycles. The second-order valence-electron chi connectivity index (χ2n) is 4.76. The van der Waals surface area contributed by atoms with Crippen LogP contribution in [-0.2, 0) is 18.8 Å². The summed E-state index contributed by atoms with van der Waals surface area (Å²) in [4.78, 5) is 8.94. The molecule has 3 rings (SSSR count). The molecular weight excluding hydrogens is 332 g/mol. The van der Waals surface area contributed by atoms with E-state index in [0.29, 0.717) is 0 Å². The van der Waals surface area contributed by atoms with E-state index in [2.05, 4.69) is 28.9 Å². The summed E-state index contributed by atoms with van der Waals surface area (Å²) in [5.41, 5.74) is 3.92. The van der Waals surface area contributed by atoms with Gasteiger partial charge in [-0.15, -0.1) is 11.4 Å². The first-order valence-electron chi connectivity index (χ1n) is 7.54. The maximum absolute atomic E-state index is 4.55. The normalized spacial score (nSPS) is 9.75. The Hall–Kier alpha value is -2.30. The molecule has 1 aromatic heterocycles. The van der Waals surface area contributed by atoms with Gasteiger partial charge in [0.2, 0.25) is 0 Å². The molecule has 4 nitrogen and oxygen atoms in total. The van der Waals surface area contributed by atoms with Gasteiger partial charge in [-0.05, 0) is 17.7 Å². The number of aliphatic imine (C=N–C) groups is 1. The van der Waals surface area contributed by atoms with Gasteiger partial charge < -0.3 is 4.98 Å². The number of aromatic nitrogens is 1. The minimum absolute atomic E-state index is 0.222. The van der Waals surface area contributed by atoms with Crippen LogP contribution in [0.3, 0.4) is 0 Å². The van der Waals surface area contributed by atoms with E-state index in [4.69, 9.17) is 0 Å². The summed E-state index contributed by atoms with van der Waals surface area (Å²) in [6.07, 6.45) is 1.79. The minimum atomic E-state index is -0.222. The average molecular weight is 351 g/mol. The topological polar surface area (TPSA) is 51.2 Å². The zero-order chi connectivity index (χ0) is 17.0. The van der Waals surface area contributed by atoms with Gasteiger partial charge in [0.15, 0.2) is 0 Å². The molecule has 0 aliphatic rings. The fourth-order valence-corrected chi connectivity index (χ4v) is 2.29. The van der Waals surface area contributed by atoms with Gasteiger partial charge in [0, 0.05) is 6.21 Å². The molecule has 0 fully saturated rings. The van der Waals surface area contributed by atoms with Gasteiger partial charge >= 0.3 is 39.7 Å². The summed E-state index contributed by atoms with van der Waals surface area (Å²) < 4.78 is 7.62. The Morgan fingerprint density at radius 2 is 1.42 bits per heavy atom. The van der Waals surface area contributed by atoms with Crippen LogP contribution in [0.1, 0.15) is 5.69 Å². The Kier molecular flexibility index (Phi) is 7.88. The molecule has 0 radical (unpaired) electrons. The van der Waals surface area contributed by atoms with Crippen LogP contribution in [0.2, 0.25) is 0 Å². The summed E-state index contributed by atoms with van der Waals surface area (Å²) in [6, 6.07) is 24.0. The van der Waals surface area contributed by atoms with E-state index in [0.717, 1.165) is 22.6 Å². The molecule has 0 bridgehead atoms. The molecule has 5 heteroatoms. The zero-order valence-corrected chi connectivity index (χ0v) is 15.4. The van der Waals surface area contributed by atoms with Gasteiger partial charge in [-0.25, -0.2) is 0 Å². The van der Waals surface area contributed by atoms with Crippen LogP contribution < -0.4 is 4.98 Å². The van der Waals surface area contributed by atoms with Crippen molar-refractivity contribution < 1.29 is 18.8 Å². The fraction of sp³-hybridized carbons (Fsp3) is 0.105. The Labute approximate surface area is 151 Å². The molecule has 0 atom stereocenters. The van der Waals surface area contributed by atoms with Crippen molar-refractivity contribution in [1.82, 2.24) is 4.98 Å². The predicted molar refractivity (Wildman–Crippen MR) is 95.6 cm³/mol. The third kappa shape index (κ3) is 6.07. The van der Waals surface area contributed by atoms with Gasteiger partial charge in [0.05, 0.1) is 5.69 Å². The van der Waals surface area contributed by atoms with E-state index in [1.165, 1.54) is 0 Å². The van der Waals surface area contributed by atoms with E-state index in [1.54, 1.807) is 20.3 Å². The molecule has 0 spiro atoms. The van der Waals surface area contributed by atoms with Crippen LogP contribution in [0.15, 0.2) is 84.6 Å². The standard InChI is InChI=1S/C17H13N2.2CH3N.Ti/c1-3-7-14(8-4-1)17-12-11-16(19-17)13-18-15-9-5-2-6-10-15;2*1-2;/h1-13H;2*1H3;/q-1;;;. The summed E-state index contributed by atoms with van der Waals surface area (Å²) >= 11 is -0.222. The van der Waals surface area contributed by atoms with Crippen LogP contribution >= 0.6 is 0 Å². The number of rotatable bonds is 3. The molecular formula is C19H19N4Ti-. The van der Waals surface area contributed by atoms with Gasteiger partial charge in [-0.3, -0.25) is 4.99 Å². The molecule has 0 aliphatic carbocycles. The molecule has 0 saturated carbocycles. The summed E-state index contributed by atoms with van der Waals surface area (Å²) in [5.74, 6) is 0. The maximum atomic E-state index is 4.55. The van der Waals surface area contributed by atoms with Crippen LogP contribution in [0, 0.1) is 0 Å². The third-order valence-electron chi connectivity index (χ3n) is 3.03. The number of para-hydroxylation sites is 1. The van der Waals surface area contributed by atoms with E-state index in [9.17, 15) is 0 Å². The van der Waals surface area contributed by atoms with Crippen LogP contribution in [0.5, 0.6) is 0 Å². The molecule has 0 unspecified atom stereocenters. The Balaban J connectivity index is 0.000000368. The van der Waals surface area contributed by atoms with Crippen molar-refractivity contribution in [1.29, 1.82) is 0 Å². The van der Waals surface area contributed by atoms with Gasteiger partial charge in [-0.1, -0.05) is 60.7 Å². The van der Waals surface area contributed by atoms with E-state index in [-0.39, 0.29) is 18.8 Å². The first kappa shape index (κ1) is 18.0. The van der Waals surface area contributed by atoms with Gasteiger partial charge in [0.25, 0.3) is 0 Å². The molecule has 0 N–H and O–H groups in total.